The standard InChI is InChI=1S/C25H25N5O4.C24H23N5O4/c1-34-19-11-9-18(10-12-19)30-23-20(22(27-30)24(26)32)13-15-29(25(23)33)17-7-5-16(6-8-17)28-14-3-2-4-21(28)31;25-23(32)21-19-12-14-28(16-6-4-15(5-7-16)27-13-2-1-3-20(27)31)24(33)22(19)29(26-21)17-8-10-18(30)11-9-17/h5-12H,2-4,13-15H2,1H3,(H2,26,32);4-11,30H,1-3,12-14H2,(H2,25,32)/i1D3;. The quantitative estimate of drug-likeness (QED) is 0.174. The normalized spacial score (nSPS) is 16.9. The van der Waals surface area contributed by atoms with Crippen molar-refractivity contribution >= 4 is 58.2 Å². The molecular formula is C49H48N10O8. The predicted octanol–water partition coefficient (Wildman–Crippen LogP) is 5.10. The summed E-state index contributed by atoms with van der Waals surface area (Å²) in [6.45, 7) is 2.07. The van der Waals surface area contributed by atoms with Crippen LogP contribution < -0.4 is 35.8 Å². The smallest absolute Gasteiger partial charge is 0.277 e. The number of hydrogen-bond donors (Lipinski definition) is 3. The monoisotopic (exact) mass is 907 g/mol. The summed E-state index contributed by atoms with van der Waals surface area (Å²) in [6.07, 6.45) is 5.62. The van der Waals surface area contributed by atoms with Crippen LogP contribution in [0.25, 0.3) is 11.4 Å². The van der Waals surface area contributed by atoms with Crippen molar-refractivity contribution in [1.29, 1.82) is 0 Å². The Morgan fingerprint density at radius 2 is 0.896 bits per heavy atom. The second kappa shape index (κ2) is 18.3. The fourth-order valence-corrected chi connectivity index (χ4v) is 9.01. The van der Waals surface area contributed by atoms with Gasteiger partial charge in [-0.25, -0.2) is 9.36 Å². The summed E-state index contributed by atoms with van der Waals surface area (Å²) >= 11 is 0. The number of fused-ring (bicyclic) bond motifs is 2. The number of anilines is 4. The summed E-state index contributed by atoms with van der Waals surface area (Å²) in [5.74, 6) is -1.68. The van der Waals surface area contributed by atoms with E-state index in [0.29, 0.717) is 85.7 Å². The Balaban J connectivity index is 0.000000175. The second-order valence-electron chi connectivity index (χ2n) is 16.5. The zero-order valence-corrected chi connectivity index (χ0v) is 36.3. The van der Waals surface area contributed by atoms with Gasteiger partial charge in [-0.05, 0) is 136 Å². The fourth-order valence-electron chi connectivity index (χ4n) is 9.01. The average molecular weight is 908 g/mol. The number of primary amides is 2. The topological polar surface area (TPSA) is 233 Å². The van der Waals surface area contributed by atoms with Crippen molar-refractivity contribution in [2.45, 2.75) is 51.4 Å². The van der Waals surface area contributed by atoms with Crippen molar-refractivity contribution in [3.63, 3.8) is 0 Å². The molecule has 18 heteroatoms. The van der Waals surface area contributed by atoms with Gasteiger partial charge in [-0.3, -0.25) is 28.8 Å². The molecule has 4 aromatic carbocycles. The minimum atomic E-state index is -2.60. The number of rotatable bonds is 9. The van der Waals surface area contributed by atoms with Gasteiger partial charge < -0.3 is 40.9 Å². The zero-order valence-electron chi connectivity index (χ0n) is 39.3. The molecule has 5 N–H and O–H groups in total. The van der Waals surface area contributed by atoms with Gasteiger partial charge in [0.2, 0.25) is 11.8 Å². The first kappa shape index (κ1) is 40.2. The zero-order chi connectivity index (χ0) is 49.4. The predicted molar refractivity (Wildman–Crippen MR) is 248 cm³/mol. The number of piperidine rings is 2. The number of amides is 6. The first-order valence-electron chi connectivity index (χ1n) is 23.4. The second-order valence-corrected chi connectivity index (χ2v) is 16.5. The minimum absolute atomic E-state index is 0.0183. The molecule has 2 fully saturated rings. The van der Waals surface area contributed by atoms with Crippen molar-refractivity contribution in [3.05, 3.63) is 131 Å². The summed E-state index contributed by atoms with van der Waals surface area (Å²) < 4.78 is 29.4. The SMILES string of the molecule is NC(=O)c1nn(-c2ccc(O)cc2)c2c1CCN(c1ccc(N3CCCCC3=O)cc1)C2=O.[2H]C([2H])([2H])Oc1ccc(-n2nc(C(N)=O)c3c2C(=O)N(c2ccc(N4CCCCC4=O)cc2)CC3)cc1. The number of carbonyl (C=O) groups is 6. The number of phenols is 1. The van der Waals surface area contributed by atoms with Crippen LogP contribution in [0.2, 0.25) is 0 Å². The van der Waals surface area contributed by atoms with Crippen molar-refractivity contribution in [1.82, 2.24) is 19.6 Å². The van der Waals surface area contributed by atoms with E-state index in [1.54, 1.807) is 56.0 Å². The Kier molecular flexibility index (Phi) is 11.0. The summed E-state index contributed by atoms with van der Waals surface area (Å²) in [5, 5.41) is 18.3. The molecule has 0 radical (unpaired) electrons. The highest BCUT2D eigenvalue weighted by Gasteiger charge is 2.36. The molecular weight excluding hydrogens is 857 g/mol. The van der Waals surface area contributed by atoms with Crippen LogP contribution in [-0.2, 0) is 22.4 Å². The number of carbonyl (C=O) groups excluding carboxylic acids is 6. The lowest BCUT2D eigenvalue weighted by Gasteiger charge is -2.29. The molecule has 0 bridgehead atoms. The molecule has 4 aliphatic heterocycles. The Bertz CT molecular complexity index is 3020. The van der Waals surface area contributed by atoms with Gasteiger partial charge in [-0.2, -0.15) is 10.2 Å². The number of phenolic OH excluding ortho intramolecular Hbond substituents is 1. The summed E-state index contributed by atoms with van der Waals surface area (Å²) in [6, 6.07) is 26.8. The summed E-state index contributed by atoms with van der Waals surface area (Å²) in [4.78, 5) is 82.6. The van der Waals surface area contributed by atoms with Crippen molar-refractivity contribution in [2.24, 2.45) is 11.5 Å². The van der Waals surface area contributed by atoms with Gasteiger partial charge in [-0.15, -0.1) is 0 Å². The third-order valence-electron chi connectivity index (χ3n) is 12.4. The summed E-state index contributed by atoms with van der Waals surface area (Å²) in [5.41, 5.74) is 16.6. The Morgan fingerprint density at radius 1 is 0.522 bits per heavy atom. The van der Waals surface area contributed by atoms with Gasteiger partial charge >= 0.3 is 0 Å². The molecule has 18 nitrogen and oxygen atoms in total. The Morgan fingerprint density at radius 3 is 1.27 bits per heavy atom. The molecule has 6 aromatic rings. The molecule has 342 valence electrons. The lowest BCUT2D eigenvalue weighted by Crippen LogP contribution is -2.39. The van der Waals surface area contributed by atoms with Crippen LogP contribution in [0.3, 0.4) is 0 Å². The molecule has 6 heterocycles. The highest BCUT2D eigenvalue weighted by atomic mass is 16.5. The fraction of sp³-hybridized carbons (Fsp3) is 0.265. The lowest BCUT2D eigenvalue weighted by molar-refractivity contribution is -0.120. The van der Waals surface area contributed by atoms with Crippen LogP contribution in [0.4, 0.5) is 22.7 Å². The van der Waals surface area contributed by atoms with Gasteiger partial charge in [0.1, 0.15) is 22.9 Å². The minimum Gasteiger partial charge on any atom is -0.508 e. The van der Waals surface area contributed by atoms with E-state index in [1.165, 1.54) is 33.6 Å². The van der Waals surface area contributed by atoms with Gasteiger partial charge in [-0.1, -0.05) is 0 Å². The molecule has 10 rings (SSSR count). The van der Waals surface area contributed by atoms with Crippen LogP contribution in [0.5, 0.6) is 11.5 Å². The van der Waals surface area contributed by atoms with Crippen molar-refractivity contribution in [3.8, 4) is 22.9 Å². The maximum absolute atomic E-state index is 13.7. The molecule has 0 aliphatic carbocycles. The maximum atomic E-state index is 13.7. The third-order valence-corrected chi connectivity index (χ3v) is 12.4. The first-order valence-corrected chi connectivity index (χ1v) is 21.9. The molecule has 6 amide bonds. The molecule has 2 saturated heterocycles. The molecule has 0 saturated carbocycles. The highest BCUT2D eigenvalue weighted by Crippen LogP contribution is 2.33. The van der Waals surface area contributed by atoms with E-state index in [9.17, 15) is 33.9 Å². The molecule has 67 heavy (non-hydrogen) atoms. The Labute approximate surface area is 389 Å². The van der Waals surface area contributed by atoms with Crippen LogP contribution in [0.1, 0.15) is 95.7 Å². The molecule has 0 spiro atoms. The number of aromatic nitrogens is 4. The van der Waals surface area contributed by atoms with E-state index in [1.807, 2.05) is 36.4 Å². The van der Waals surface area contributed by atoms with Crippen LogP contribution in [0, 0.1) is 0 Å². The van der Waals surface area contributed by atoms with E-state index >= 15 is 0 Å². The van der Waals surface area contributed by atoms with E-state index < -0.39 is 18.9 Å². The largest absolute Gasteiger partial charge is 0.508 e. The van der Waals surface area contributed by atoms with Gasteiger partial charge in [0.05, 0.1) is 22.5 Å². The third kappa shape index (κ3) is 8.44. The van der Waals surface area contributed by atoms with Crippen LogP contribution in [0.15, 0.2) is 97.1 Å². The molecule has 0 unspecified atom stereocenters. The number of ether oxygens (including phenoxy) is 1. The van der Waals surface area contributed by atoms with E-state index in [2.05, 4.69) is 10.2 Å². The molecule has 4 aliphatic rings. The highest BCUT2D eigenvalue weighted by molar-refractivity contribution is 6.11. The van der Waals surface area contributed by atoms with Crippen LogP contribution in [-0.4, -0.2) is 93.3 Å². The van der Waals surface area contributed by atoms with E-state index in [4.69, 9.17) is 20.3 Å². The van der Waals surface area contributed by atoms with Crippen molar-refractivity contribution < 1.29 is 42.7 Å². The molecule has 0 atom stereocenters. The van der Waals surface area contributed by atoms with Gasteiger partial charge in [0, 0.05) is 72.9 Å². The molecule has 2 aromatic heterocycles. The number of nitrogens with zero attached hydrogens (tertiary/aromatic N) is 8. The average Bonchev–Trinajstić information content (AvgIpc) is 3.94. The number of hydrogen-bond acceptors (Lipinski definition) is 10. The van der Waals surface area contributed by atoms with E-state index in [0.717, 1.165) is 37.1 Å². The van der Waals surface area contributed by atoms with Crippen LogP contribution >= 0.6 is 0 Å². The Hall–Kier alpha value is -8.28. The number of benzene rings is 4. The van der Waals surface area contributed by atoms with Crippen molar-refractivity contribution in [2.75, 3.05) is 52.8 Å². The van der Waals surface area contributed by atoms with Gasteiger partial charge in [0.15, 0.2) is 11.4 Å². The lowest BCUT2D eigenvalue weighted by atomic mass is 10.0. The number of methoxy groups -OCH3 is 1. The van der Waals surface area contributed by atoms with E-state index in [-0.39, 0.29) is 57.9 Å². The number of aromatic hydroxyl groups is 1. The van der Waals surface area contributed by atoms with Gasteiger partial charge in [0.25, 0.3) is 23.6 Å². The number of nitrogens with two attached hydrogens (primary N) is 2. The maximum Gasteiger partial charge on any atom is 0.277 e. The first-order chi connectivity index (χ1) is 33.6. The summed E-state index contributed by atoms with van der Waals surface area (Å²) in [7, 11) is -2.60.